The topological polar surface area (TPSA) is 3.24 Å². The normalized spacial score (nSPS) is 12.4. The first-order valence-electron chi connectivity index (χ1n) is 11.0. The van der Waals surface area contributed by atoms with Crippen molar-refractivity contribution in [3.05, 3.63) is 0 Å². The van der Waals surface area contributed by atoms with Crippen LogP contribution >= 0.6 is 12.4 Å². The number of nitrogens with zero attached hydrogens (tertiary/aromatic N) is 1. The molecule has 0 saturated heterocycles. The van der Waals surface area contributed by atoms with Crippen molar-refractivity contribution in [1.29, 1.82) is 0 Å². The first-order valence-corrected chi connectivity index (χ1v) is 11.0. The molecule has 0 spiro atoms. The number of unbranched alkanes of at least 4 members (excludes halogenated alkanes) is 13. The molecule has 2 heteroatoms. The van der Waals surface area contributed by atoms with Crippen molar-refractivity contribution in [2.24, 2.45) is 0 Å². The maximum absolute atomic E-state index is 2.59. The van der Waals surface area contributed by atoms with Crippen LogP contribution in [0.25, 0.3) is 0 Å². The summed E-state index contributed by atoms with van der Waals surface area (Å²) < 4.78 is 0. The lowest BCUT2D eigenvalue weighted by molar-refractivity contribution is 0.217. The highest BCUT2D eigenvalue weighted by Gasteiger charge is 2.08. The Kier molecular flexibility index (Phi) is 23.5. The van der Waals surface area contributed by atoms with Crippen LogP contribution < -0.4 is 0 Å². The van der Waals surface area contributed by atoms with Crippen LogP contribution in [0, 0.1) is 0 Å². The van der Waals surface area contributed by atoms with Gasteiger partial charge in [0.05, 0.1) is 0 Å². The number of halogens is 1. The highest BCUT2D eigenvalue weighted by atomic mass is 35.5. The van der Waals surface area contributed by atoms with E-state index in [1.54, 1.807) is 0 Å². The molecule has 0 N–H and O–H groups in total. The third-order valence-electron chi connectivity index (χ3n) is 5.41. The predicted octanol–water partition coefficient (Wildman–Crippen LogP) is 8.01. The molecule has 0 fully saturated rings. The molecule has 1 atom stereocenters. The summed E-state index contributed by atoms with van der Waals surface area (Å²) in [5, 5.41) is 0. The maximum Gasteiger partial charge on any atom is 0.00666 e. The predicted molar refractivity (Wildman–Crippen MR) is 115 cm³/mol. The Morgan fingerprint density at radius 1 is 0.542 bits per heavy atom. The Morgan fingerprint density at radius 3 is 1.21 bits per heavy atom. The minimum absolute atomic E-state index is 0. The molecule has 24 heavy (non-hydrogen) atoms. The van der Waals surface area contributed by atoms with E-state index in [4.69, 9.17) is 0 Å². The van der Waals surface area contributed by atoms with Crippen LogP contribution in [0.3, 0.4) is 0 Å². The van der Waals surface area contributed by atoms with Gasteiger partial charge in [0, 0.05) is 6.04 Å². The standard InChI is InChI=1S/C22H47N.ClH/c1-5-8-9-10-11-12-13-14-15-16-17-18-19-20-21-22(4)23(6-2)7-3;/h22H,5-21H2,1-4H3;1H. The van der Waals surface area contributed by atoms with E-state index < -0.39 is 0 Å². The largest absolute Gasteiger partial charge is 0.301 e. The van der Waals surface area contributed by atoms with Crippen LogP contribution in [0.2, 0.25) is 0 Å². The minimum atomic E-state index is 0. The zero-order valence-electron chi connectivity index (χ0n) is 17.5. The zero-order chi connectivity index (χ0) is 17.2. The van der Waals surface area contributed by atoms with Gasteiger partial charge in [-0.1, -0.05) is 111 Å². The van der Waals surface area contributed by atoms with E-state index in [1.807, 2.05) is 0 Å². The summed E-state index contributed by atoms with van der Waals surface area (Å²) in [4.78, 5) is 2.59. The van der Waals surface area contributed by atoms with E-state index in [9.17, 15) is 0 Å². The fourth-order valence-corrected chi connectivity index (χ4v) is 3.66. The molecule has 0 saturated carbocycles. The van der Waals surface area contributed by atoms with Gasteiger partial charge in [-0.3, -0.25) is 0 Å². The molecular formula is C22H48ClN. The summed E-state index contributed by atoms with van der Waals surface area (Å²) in [6.07, 6.45) is 21.8. The van der Waals surface area contributed by atoms with Crippen molar-refractivity contribution >= 4 is 12.4 Å². The Labute approximate surface area is 160 Å². The summed E-state index contributed by atoms with van der Waals surface area (Å²) in [5.41, 5.74) is 0. The van der Waals surface area contributed by atoms with Gasteiger partial charge >= 0.3 is 0 Å². The van der Waals surface area contributed by atoms with Gasteiger partial charge in [-0.05, 0) is 26.4 Å². The van der Waals surface area contributed by atoms with Gasteiger partial charge in [0.25, 0.3) is 0 Å². The second kappa shape index (κ2) is 21.3. The monoisotopic (exact) mass is 361 g/mol. The van der Waals surface area contributed by atoms with Gasteiger partial charge in [0.2, 0.25) is 0 Å². The fraction of sp³-hybridized carbons (Fsp3) is 1.00. The average molecular weight is 362 g/mol. The molecule has 1 nitrogen and oxygen atoms in total. The SMILES string of the molecule is CCCCCCCCCCCCCCCCC(C)N(CC)CC.Cl. The summed E-state index contributed by atoms with van der Waals surface area (Å²) in [6.45, 7) is 11.7. The molecule has 0 aromatic rings. The van der Waals surface area contributed by atoms with Gasteiger partial charge in [-0.2, -0.15) is 0 Å². The van der Waals surface area contributed by atoms with E-state index in [0.717, 1.165) is 6.04 Å². The van der Waals surface area contributed by atoms with Crippen molar-refractivity contribution in [3.8, 4) is 0 Å². The number of hydrogen-bond acceptors (Lipinski definition) is 1. The third kappa shape index (κ3) is 17.1. The molecular weight excluding hydrogens is 314 g/mol. The molecule has 0 aliphatic heterocycles. The van der Waals surface area contributed by atoms with Crippen LogP contribution in [-0.4, -0.2) is 24.0 Å². The number of hydrogen-bond donors (Lipinski definition) is 0. The molecule has 1 unspecified atom stereocenters. The maximum atomic E-state index is 2.59. The summed E-state index contributed by atoms with van der Waals surface area (Å²) in [7, 11) is 0. The molecule has 0 aromatic carbocycles. The van der Waals surface area contributed by atoms with E-state index >= 15 is 0 Å². The summed E-state index contributed by atoms with van der Waals surface area (Å²) >= 11 is 0. The lowest BCUT2D eigenvalue weighted by Gasteiger charge is -2.26. The highest BCUT2D eigenvalue weighted by molar-refractivity contribution is 5.85. The van der Waals surface area contributed by atoms with Crippen LogP contribution in [0.4, 0.5) is 0 Å². The lowest BCUT2D eigenvalue weighted by Crippen LogP contribution is -2.32. The third-order valence-corrected chi connectivity index (χ3v) is 5.41. The van der Waals surface area contributed by atoms with Crippen LogP contribution in [0.1, 0.15) is 124 Å². The van der Waals surface area contributed by atoms with Crippen molar-refractivity contribution in [2.45, 2.75) is 130 Å². The highest BCUT2D eigenvalue weighted by Crippen LogP contribution is 2.14. The minimum Gasteiger partial charge on any atom is -0.301 e. The molecule has 0 rings (SSSR count). The van der Waals surface area contributed by atoms with Gasteiger partial charge in [0.15, 0.2) is 0 Å². The second-order valence-electron chi connectivity index (χ2n) is 7.46. The van der Waals surface area contributed by atoms with Gasteiger partial charge < -0.3 is 4.90 Å². The smallest absolute Gasteiger partial charge is 0.00666 e. The van der Waals surface area contributed by atoms with E-state index in [0.29, 0.717) is 0 Å². The first-order chi connectivity index (χ1) is 11.3. The van der Waals surface area contributed by atoms with Crippen LogP contribution in [0.5, 0.6) is 0 Å². The quantitative estimate of drug-likeness (QED) is 0.223. The van der Waals surface area contributed by atoms with Crippen molar-refractivity contribution in [3.63, 3.8) is 0 Å². The Bertz CT molecular complexity index is 216. The summed E-state index contributed by atoms with van der Waals surface area (Å²) in [6, 6.07) is 0.780. The molecule has 0 radical (unpaired) electrons. The number of rotatable bonds is 18. The van der Waals surface area contributed by atoms with Crippen LogP contribution in [-0.2, 0) is 0 Å². The molecule has 0 heterocycles. The van der Waals surface area contributed by atoms with Gasteiger partial charge in [-0.25, -0.2) is 0 Å². The van der Waals surface area contributed by atoms with E-state index in [-0.39, 0.29) is 12.4 Å². The summed E-state index contributed by atoms with van der Waals surface area (Å²) in [5.74, 6) is 0. The Hall–Kier alpha value is 0.250. The van der Waals surface area contributed by atoms with Crippen LogP contribution in [0.15, 0.2) is 0 Å². The van der Waals surface area contributed by atoms with E-state index in [2.05, 4.69) is 32.6 Å². The zero-order valence-corrected chi connectivity index (χ0v) is 18.3. The van der Waals surface area contributed by atoms with Crippen molar-refractivity contribution in [2.75, 3.05) is 13.1 Å². The fourth-order valence-electron chi connectivity index (χ4n) is 3.66. The van der Waals surface area contributed by atoms with Crippen molar-refractivity contribution < 1.29 is 0 Å². The molecule has 0 aromatic heterocycles. The molecule has 0 amide bonds. The molecule has 0 aliphatic carbocycles. The Morgan fingerprint density at radius 2 is 0.875 bits per heavy atom. The average Bonchev–Trinajstić information content (AvgIpc) is 2.56. The molecule has 148 valence electrons. The van der Waals surface area contributed by atoms with Gasteiger partial charge in [-0.15, -0.1) is 12.4 Å². The first kappa shape index (κ1) is 26.5. The van der Waals surface area contributed by atoms with Gasteiger partial charge in [0.1, 0.15) is 0 Å². The van der Waals surface area contributed by atoms with E-state index in [1.165, 1.54) is 109 Å². The van der Waals surface area contributed by atoms with Crippen molar-refractivity contribution in [1.82, 2.24) is 4.90 Å². The molecule has 0 bridgehead atoms. The lowest BCUT2D eigenvalue weighted by atomic mass is 10.0. The molecule has 0 aliphatic rings. The Balaban J connectivity index is 0. The second-order valence-corrected chi connectivity index (χ2v) is 7.46.